The summed E-state index contributed by atoms with van der Waals surface area (Å²) in [4.78, 5) is 10.8. The molecule has 0 radical (unpaired) electrons. The largest absolute Gasteiger partial charge is 0.488 e. The maximum absolute atomic E-state index is 10.8. The van der Waals surface area contributed by atoms with E-state index in [2.05, 4.69) is 0 Å². The molecule has 0 spiro atoms. The van der Waals surface area contributed by atoms with Gasteiger partial charge in [-0.25, -0.2) is 5.48 Å². The van der Waals surface area contributed by atoms with Gasteiger partial charge >= 0.3 is 7.12 Å². The zero-order valence-electron chi connectivity index (χ0n) is 6.64. The van der Waals surface area contributed by atoms with E-state index in [1.807, 2.05) is 0 Å². The minimum atomic E-state index is -1.55. The van der Waals surface area contributed by atoms with E-state index in [9.17, 15) is 4.79 Å². The van der Waals surface area contributed by atoms with Crippen molar-refractivity contribution in [1.82, 2.24) is 5.48 Å². The molecule has 0 saturated carbocycles. The van der Waals surface area contributed by atoms with Crippen molar-refractivity contribution < 1.29 is 20.0 Å². The minimum absolute atomic E-state index is 0.243. The Morgan fingerprint density at radius 2 is 1.77 bits per heavy atom. The highest BCUT2D eigenvalue weighted by Crippen LogP contribution is 1.96. The van der Waals surface area contributed by atoms with Crippen LogP contribution in [0.15, 0.2) is 24.3 Å². The molecule has 0 saturated heterocycles. The van der Waals surface area contributed by atoms with Crippen LogP contribution in [0.4, 0.5) is 0 Å². The second-order valence-corrected chi connectivity index (χ2v) is 2.44. The third-order valence-corrected chi connectivity index (χ3v) is 1.57. The molecule has 1 rings (SSSR count). The lowest BCUT2D eigenvalue weighted by atomic mass is 9.80. The number of amides is 1. The van der Waals surface area contributed by atoms with Gasteiger partial charge in [0.1, 0.15) is 0 Å². The van der Waals surface area contributed by atoms with Crippen LogP contribution < -0.4 is 10.9 Å². The van der Waals surface area contributed by atoms with Crippen molar-refractivity contribution in [2.75, 3.05) is 0 Å². The molecule has 0 aliphatic carbocycles. The molecule has 1 amide bonds. The van der Waals surface area contributed by atoms with E-state index < -0.39 is 13.0 Å². The predicted octanol–water partition coefficient (Wildman–Crippen LogP) is -1.51. The Kier molecular flexibility index (Phi) is 3.02. The highest BCUT2D eigenvalue weighted by atomic mass is 16.5. The van der Waals surface area contributed by atoms with Gasteiger partial charge in [0.25, 0.3) is 5.91 Å². The second-order valence-electron chi connectivity index (χ2n) is 2.44. The summed E-state index contributed by atoms with van der Waals surface area (Å²) in [7, 11) is -1.55. The third-order valence-electron chi connectivity index (χ3n) is 1.57. The maximum Gasteiger partial charge on any atom is 0.488 e. The minimum Gasteiger partial charge on any atom is -0.423 e. The molecule has 13 heavy (non-hydrogen) atoms. The zero-order chi connectivity index (χ0) is 9.84. The molecule has 0 atom stereocenters. The summed E-state index contributed by atoms with van der Waals surface area (Å²) in [6.45, 7) is 0. The lowest BCUT2D eigenvalue weighted by Gasteiger charge is -2.00. The quantitative estimate of drug-likeness (QED) is 0.253. The van der Waals surface area contributed by atoms with Crippen molar-refractivity contribution in [2.45, 2.75) is 0 Å². The lowest BCUT2D eigenvalue weighted by Crippen LogP contribution is -2.30. The number of hydrogen-bond donors (Lipinski definition) is 4. The van der Waals surface area contributed by atoms with Crippen molar-refractivity contribution in [3.05, 3.63) is 29.8 Å². The van der Waals surface area contributed by atoms with Gasteiger partial charge in [0, 0.05) is 5.56 Å². The van der Waals surface area contributed by atoms with Crippen LogP contribution in [0.5, 0.6) is 0 Å². The van der Waals surface area contributed by atoms with Gasteiger partial charge in [-0.1, -0.05) is 12.1 Å². The number of hydroxylamine groups is 1. The fraction of sp³-hybridized carbons (Fsp3) is 0. The second kappa shape index (κ2) is 4.04. The summed E-state index contributed by atoms with van der Waals surface area (Å²) in [5.74, 6) is -0.640. The Labute approximate surface area is 74.7 Å². The topological polar surface area (TPSA) is 89.8 Å². The number of benzene rings is 1. The number of rotatable bonds is 2. The monoisotopic (exact) mass is 181 g/mol. The van der Waals surface area contributed by atoms with Crippen LogP contribution in [-0.4, -0.2) is 28.3 Å². The van der Waals surface area contributed by atoms with E-state index >= 15 is 0 Å². The summed E-state index contributed by atoms with van der Waals surface area (Å²) in [6.07, 6.45) is 0. The SMILES string of the molecule is O=C(NO)c1ccc(B(O)O)cc1. The molecule has 0 bridgehead atoms. The number of carbonyl (C=O) groups excluding carboxylic acids is 1. The van der Waals surface area contributed by atoms with Crippen LogP contribution >= 0.6 is 0 Å². The van der Waals surface area contributed by atoms with Gasteiger partial charge in [-0.2, -0.15) is 0 Å². The number of hydrogen-bond acceptors (Lipinski definition) is 4. The molecule has 0 unspecified atom stereocenters. The Morgan fingerprint density at radius 1 is 1.23 bits per heavy atom. The Hall–Kier alpha value is -1.37. The Balaban J connectivity index is 2.87. The van der Waals surface area contributed by atoms with Crippen LogP contribution in [0.1, 0.15) is 10.4 Å². The first-order valence-electron chi connectivity index (χ1n) is 3.55. The molecule has 6 heteroatoms. The van der Waals surface area contributed by atoms with Crippen molar-refractivity contribution in [1.29, 1.82) is 0 Å². The normalized spacial score (nSPS) is 9.46. The summed E-state index contributed by atoms with van der Waals surface area (Å²) < 4.78 is 0. The standard InChI is InChI=1S/C7H8BNO4/c10-7(9-13)5-1-3-6(4-2-5)8(11)12/h1-4,11-13H,(H,9,10). The average Bonchev–Trinajstić information content (AvgIpc) is 2.17. The van der Waals surface area contributed by atoms with Gasteiger partial charge in [0.05, 0.1) is 0 Å². The van der Waals surface area contributed by atoms with E-state index in [-0.39, 0.29) is 11.0 Å². The molecule has 0 aliphatic heterocycles. The van der Waals surface area contributed by atoms with Crippen molar-refractivity contribution in [3.8, 4) is 0 Å². The predicted molar refractivity (Wildman–Crippen MR) is 45.5 cm³/mol. The average molecular weight is 181 g/mol. The fourth-order valence-corrected chi connectivity index (χ4v) is 0.871. The highest BCUT2D eigenvalue weighted by Gasteiger charge is 2.11. The van der Waals surface area contributed by atoms with Crippen LogP contribution in [0.2, 0.25) is 0 Å². The van der Waals surface area contributed by atoms with Gasteiger partial charge in [0.15, 0.2) is 0 Å². The van der Waals surface area contributed by atoms with Crippen molar-refractivity contribution in [3.63, 3.8) is 0 Å². The zero-order valence-corrected chi connectivity index (χ0v) is 6.64. The first kappa shape index (κ1) is 9.72. The van der Waals surface area contributed by atoms with Crippen LogP contribution in [0, 0.1) is 0 Å². The third kappa shape index (κ3) is 2.28. The molecular formula is C7H8BNO4. The first-order chi connectivity index (χ1) is 6.15. The molecule has 5 nitrogen and oxygen atoms in total. The summed E-state index contributed by atoms with van der Waals surface area (Å²) in [5.41, 5.74) is 2.00. The Morgan fingerprint density at radius 3 is 2.15 bits per heavy atom. The van der Waals surface area contributed by atoms with Gasteiger partial charge in [0.2, 0.25) is 0 Å². The molecule has 68 valence electrons. The van der Waals surface area contributed by atoms with E-state index in [1.54, 1.807) is 0 Å². The van der Waals surface area contributed by atoms with Gasteiger partial charge in [-0.15, -0.1) is 0 Å². The van der Waals surface area contributed by atoms with E-state index in [0.717, 1.165) is 0 Å². The maximum atomic E-state index is 10.8. The molecule has 0 aliphatic rings. The summed E-state index contributed by atoms with van der Waals surface area (Å²) in [5, 5.41) is 25.7. The molecule has 0 heterocycles. The highest BCUT2D eigenvalue weighted by molar-refractivity contribution is 6.58. The summed E-state index contributed by atoms with van der Waals surface area (Å²) in [6, 6.07) is 5.52. The molecule has 0 aromatic heterocycles. The molecule has 4 N–H and O–H groups in total. The van der Waals surface area contributed by atoms with Gasteiger partial charge < -0.3 is 10.0 Å². The van der Waals surface area contributed by atoms with Gasteiger partial charge in [-0.3, -0.25) is 10.0 Å². The fourth-order valence-electron chi connectivity index (χ4n) is 0.871. The summed E-state index contributed by atoms with van der Waals surface area (Å²) >= 11 is 0. The van der Waals surface area contributed by atoms with E-state index in [1.165, 1.54) is 29.7 Å². The van der Waals surface area contributed by atoms with Crippen molar-refractivity contribution >= 4 is 18.5 Å². The smallest absolute Gasteiger partial charge is 0.423 e. The molecule has 1 aromatic carbocycles. The van der Waals surface area contributed by atoms with Gasteiger partial charge in [-0.05, 0) is 17.6 Å². The first-order valence-corrected chi connectivity index (χ1v) is 3.55. The van der Waals surface area contributed by atoms with Crippen LogP contribution in [-0.2, 0) is 0 Å². The van der Waals surface area contributed by atoms with Crippen LogP contribution in [0.25, 0.3) is 0 Å². The van der Waals surface area contributed by atoms with Crippen molar-refractivity contribution in [2.24, 2.45) is 0 Å². The lowest BCUT2D eigenvalue weighted by molar-refractivity contribution is 0.0706. The molecular weight excluding hydrogens is 173 g/mol. The van der Waals surface area contributed by atoms with E-state index in [4.69, 9.17) is 15.3 Å². The number of carbonyl (C=O) groups is 1. The van der Waals surface area contributed by atoms with Crippen LogP contribution in [0.3, 0.4) is 0 Å². The molecule has 0 fully saturated rings. The molecule has 1 aromatic rings. The number of nitrogens with one attached hydrogen (secondary N) is 1. The van der Waals surface area contributed by atoms with E-state index in [0.29, 0.717) is 0 Å². The Bertz CT molecular complexity index is 298.